The van der Waals surface area contributed by atoms with Gasteiger partial charge in [0.15, 0.2) is 6.29 Å². The highest BCUT2D eigenvalue weighted by molar-refractivity contribution is 5.98. The Morgan fingerprint density at radius 1 is 0.791 bits per heavy atom. The molecule has 3 aliphatic rings. The van der Waals surface area contributed by atoms with Crippen molar-refractivity contribution in [3.05, 3.63) is 0 Å². The second-order valence-electron chi connectivity index (χ2n) is 18.0. The summed E-state index contributed by atoms with van der Waals surface area (Å²) in [6.07, 6.45) is -7.88. The van der Waals surface area contributed by atoms with Gasteiger partial charge in [-0.15, -0.1) is 0 Å². The minimum atomic E-state index is -1.83. The van der Waals surface area contributed by atoms with Crippen molar-refractivity contribution in [3.63, 3.8) is 0 Å². The van der Waals surface area contributed by atoms with Gasteiger partial charge < -0.3 is 88.6 Å². The lowest BCUT2D eigenvalue weighted by Gasteiger charge is -2.43. The van der Waals surface area contributed by atoms with Gasteiger partial charge in [0.05, 0.1) is 31.0 Å². The number of nitrogens with zero attached hydrogens (tertiary/aromatic N) is 1. The Balaban J connectivity index is 1.83. The minimum Gasteiger partial charge on any atom is -0.394 e. The first-order valence-electron chi connectivity index (χ1n) is 23.0. The Bertz CT molecular complexity index is 1700. The molecule has 0 spiro atoms. The maximum atomic E-state index is 14.1. The van der Waals surface area contributed by atoms with Crippen molar-refractivity contribution in [2.24, 2.45) is 17.4 Å². The SMILES string of the molecule is CC(=O)N[C@H]1[C@@H](O[C@H](C)[C@H](NC(=O)[C@@H]2CCCN2)C(=O)N[C@H](C(=O)N[C@H](C(=O)N2CCC[C@H]2C(=O)N[C@@H](CC(C)C)C(=O)N[C@@H](CCCCN)C(N)=O)[C@@H](C)O)[C@@H](C)O)O[C@H](CO)[C@H](O)[C@@H]1O. The van der Waals surface area contributed by atoms with Gasteiger partial charge in [-0.05, 0) is 91.1 Å². The standard InChI is InChI=1S/C42H74N10O15/c1-19(2)17-26(37(61)47-24(35(44)59)11-7-8-14-43)48-38(62)27-13-10-16-52(27)41(65)30(21(4)55)50-39(63)29(20(3)54)49-40(64)31(51-36(60)25-12-9-15-45-25)22(5)66-42-32(46-23(6)56)34(58)33(57)28(18-53)67-42/h19-22,24-34,42,45,53-55,57-58H,7-18,43H2,1-6H3,(H2,44,59)(H,46,56)(H,47,61)(H,48,62)(H,49,64)(H,50,63)(H,51,60)/t20-,21-,22-,24+,25+,26+,27+,28-,29+,30+,31+,32-,33+,34-,42+/m1/s1. The third kappa shape index (κ3) is 16.3. The van der Waals surface area contributed by atoms with Crippen LogP contribution in [0.4, 0.5) is 0 Å². The van der Waals surface area contributed by atoms with E-state index < -0.39 is 145 Å². The molecule has 25 heteroatoms. The van der Waals surface area contributed by atoms with Crippen LogP contribution in [0.15, 0.2) is 0 Å². The average molecular weight is 959 g/mol. The summed E-state index contributed by atoms with van der Waals surface area (Å²) in [7, 11) is 0. The van der Waals surface area contributed by atoms with Crippen LogP contribution >= 0.6 is 0 Å². The zero-order valence-corrected chi connectivity index (χ0v) is 39.1. The topological polar surface area (TPSA) is 396 Å². The number of rotatable bonds is 25. The van der Waals surface area contributed by atoms with Gasteiger partial charge in [-0.3, -0.25) is 38.4 Å². The van der Waals surface area contributed by atoms with Crippen LogP contribution < -0.4 is 48.7 Å². The maximum Gasteiger partial charge on any atom is 0.248 e. The minimum absolute atomic E-state index is 0.0240. The molecule has 3 fully saturated rings. The van der Waals surface area contributed by atoms with Crippen molar-refractivity contribution in [1.29, 1.82) is 0 Å². The van der Waals surface area contributed by atoms with Gasteiger partial charge in [-0.2, -0.15) is 0 Å². The van der Waals surface area contributed by atoms with E-state index in [-0.39, 0.29) is 31.7 Å². The maximum absolute atomic E-state index is 14.1. The van der Waals surface area contributed by atoms with Crippen LogP contribution in [-0.2, 0) is 47.8 Å². The van der Waals surface area contributed by atoms with Crippen molar-refractivity contribution < 1.29 is 73.4 Å². The fraction of sp³-hybridized carbons (Fsp3) is 0.810. The Morgan fingerprint density at radius 2 is 1.43 bits per heavy atom. The average Bonchev–Trinajstić information content (AvgIpc) is 3.99. The molecular formula is C42H74N10O15. The number of ether oxygens (including phenoxy) is 2. The van der Waals surface area contributed by atoms with Gasteiger partial charge in [0.1, 0.15) is 60.6 Å². The molecule has 0 unspecified atom stereocenters. The first-order chi connectivity index (χ1) is 31.5. The summed E-state index contributed by atoms with van der Waals surface area (Å²) >= 11 is 0. The lowest BCUT2D eigenvalue weighted by molar-refractivity contribution is -0.281. The molecule has 25 nitrogen and oxygen atoms in total. The molecule has 0 aromatic heterocycles. The lowest BCUT2D eigenvalue weighted by Crippen LogP contribution is -2.67. The van der Waals surface area contributed by atoms with E-state index >= 15 is 0 Å². The number of likely N-dealkylation sites (tertiary alicyclic amines) is 1. The third-order valence-corrected chi connectivity index (χ3v) is 11.9. The molecule has 3 rings (SSSR count). The predicted octanol–water partition coefficient (Wildman–Crippen LogP) is -6.08. The molecule has 0 saturated carbocycles. The summed E-state index contributed by atoms with van der Waals surface area (Å²) in [5, 5.41) is 70.8. The molecule has 3 saturated heterocycles. The highest BCUT2D eigenvalue weighted by atomic mass is 16.7. The summed E-state index contributed by atoms with van der Waals surface area (Å²) in [6.45, 7) is 8.62. The van der Waals surface area contributed by atoms with Crippen LogP contribution in [0.2, 0.25) is 0 Å². The fourth-order valence-corrected chi connectivity index (χ4v) is 8.22. The molecule has 0 aromatic carbocycles. The van der Waals surface area contributed by atoms with Crippen LogP contribution in [-0.4, -0.2) is 195 Å². The lowest BCUT2D eigenvalue weighted by atomic mass is 9.96. The van der Waals surface area contributed by atoms with Crippen molar-refractivity contribution in [2.45, 2.75) is 184 Å². The van der Waals surface area contributed by atoms with E-state index in [9.17, 15) is 63.9 Å². The van der Waals surface area contributed by atoms with Crippen LogP contribution in [0.5, 0.6) is 0 Å². The van der Waals surface area contributed by atoms with Gasteiger partial charge in [-0.25, -0.2) is 0 Å². The number of nitrogens with one attached hydrogen (secondary N) is 7. The normalized spacial score (nSPS) is 26.5. The highest BCUT2D eigenvalue weighted by Crippen LogP contribution is 2.25. The largest absolute Gasteiger partial charge is 0.394 e. The predicted molar refractivity (Wildman–Crippen MR) is 236 cm³/mol. The van der Waals surface area contributed by atoms with Crippen molar-refractivity contribution in [1.82, 2.24) is 42.1 Å². The van der Waals surface area contributed by atoms with Crippen LogP contribution in [0.1, 0.15) is 92.9 Å². The van der Waals surface area contributed by atoms with E-state index in [1.807, 2.05) is 13.8 Å². The second kappa shape index (κ2) is 26.8. The quantitative estimate of drug-likeness (QED) is 0.0379. The Hall–Kier alpha value is -4.60. The second-order valence-corrected chi connectivity index (χ2v) is 18.0. The summed E-state index contributed by atoms with van der Waals surface area (Å²) < 4.78 is 11.6. The molecule has 0 radical (unpaired) electrons. The molecule has 0 aliphatic carbocycles. The molecule has 15 atom stereocenters. The zero-order chi connectivity index (χ0) is 50.3. The molecule has 8 amide bonds. The molecule has 0 aromatic rings. The molecule has 382 valence electrons. The number of hydrogen-bond acceptors (Lipinski definition) is 17. The summed E-state index contributed by atoms with van der Waals surface area (Å²) in [5.41, 5.74) is 11.1. The molecule has 3 aliphatic heterocycles. The fourth-order valence-electron chi connectivity index (χ4n) is 8.22. The molecule has 3 heterocycles. The Labute approximate surface area is 389 Å². The van der Waals surface area contributed by atoms with E-state index in [4.69, 9.17) is 20.9 Å². The van der Waals surface area contributed by atoms with Crippen molar-refractivity contribution in [3.8, 4) is 0 Å². The number of amides is 8. The van der Waals surface area contributed by atoms with E-state index in [1.54, 1.807) is 0 Å². The Morgan fingerprint density at radius 3 is 1.99 bits per heavy atom. The van der Waals surface area contributed by atoms with Gasteiger partial charge in [0, 0.05) is 13.5 Å². The monoisotopic (exact) mass is 959 g/mol. The number of carbonyl (C=O) groups is 8. The van der Waals surface area contributed by atoms with E-state index in [0.29, 0.717) is 45.2 Å². The number of unbranched alkanes of at least 4 members (excludes halogenated alkanes) is 1. The number of aliphatic hydroxyl groups excluding tert-OH is 5. The summed E-state index contributed by atoms with van der Waals surface area (Å²) in [4.78, 5) is 108. The third-order valence-electron chi connectivity index (χ3n) is 11.9. The first kappa shape index (κ1) is 56.7. The molecule has 16 N–H and O–H groups in total. The summed E-state index contributed by atoms with van der Waals surface area (Å²) in [5.74, 6) is -6.61. The van der Waals surface area contributed by atoms with Crippen molar-refractivity contribution >= 4 is 47.3 Å². The number of carbonyl (C=O) groups excluding carboxylic acids is 8. The van der Waals surface area contributed by atoms with Crippen LogP contribution in [0, 0.1) is 5.92 Å². The first-order valence-corrected chi connectivity index (χ1v) is 23.0. The summed E-state index contributed by atoms with van der Waals surface area (Å²) in [6, 6.07) is -10.6. The Kier molecular flexibility index (Phi) is 22.7. The number of primary amides is 1. The number of aliphatic hydroxyl groups is 5. The van der Waals surface area contributed by atoms with Gasteiger partial charge in [0.2, 0.25) is 47.3 Å². The van der Waals surface area contributed by atoms with Crippen molar-refractivity contribution in [2.75, 3.05) is 26.2 Å². The molecule has 0 bridgehead atoms. The van der Waals surface area contributed by atoms with E-state index in [0.717, 1.165) is 18.7 Å². The smallest absolute Gasteiger partial charge is 0.248 e. The zero-order valence-electron chi connectivity index (χ0n) is 39.1. The van der Waals surface area contributed by atoms with E-state index in [2.05, 4.69) is 37.2 Å². The van der Waals surface area contributed by atoms with Crippen LogP contribution in [0.25, 0.3) is 0 Å². The highest BCUT2D eigenvalue weighted by Gasteiger charge is 2.48. The van der Waals surface area contributed by atoms with E-state index in [1.165, 1.54) is 13.8 Å². The van der Waals surface area contributed by atoms with Gasteiger partial charge in [0.25, 0.3) is 0 Å². The van der Waals surface area contributed by atoms with Crippen LogP contribution in [0.3, 0.4) is 0 Å². The molecule has 67 heavy (non-hydrogen) atoms. The number of nitrogens with two attached hydrogens (primary N) is 2. The number of hydrogen-bond donors (Lipinski definition) is 14. The van der Waals surface area contributed by atoms with Gasteiger partial charge >= 0.3 is 0 Å². The van der Waals surface area contributed by atoms with Gasteiger partial charge in [-0.1, -0.05) is 13.8 Å². The molecular weight excluding hydrogens is 885 g/mol.